The quantitative estimate of drug-likeness (QED) is 0.688. The highest BCUT2D eigenvalue weighted by Crippen LogP contribution is 2.52. The zero-order valence-corrected chi connectivity index (χ0v) is 17.4. The number of fused-ring (bicyclic) bond motifs is 6. The van der Waals surface area contributed by atoms with Crippen LogP contribution in [0.3, 0.4) is 0 Å². The normalized spacial score (nSPS) is 41.6. The Morgan fingerprint density at radius 3 is 2.62 bits per heavy atom. The molecule has 1 N–H and O–H groups in total. The standard InChI is InChI=1S/C20H26BrNO4/c1-9-6-10-13(12(21)7-9)22-14-11(19(10,2)3)8-23-16-15(14)24-18-17(16)25-20(4,5)26-18/h6-7,11,14-18,22H,8H2,1-5H3/t11-,14+,15+,16-,17+,18+/m0/s1. The van der Waals surface area contributed by atoms with Crippen LogP contribution in [0, 0.1) is 12.8 Å². The van der Waals surface area contributed by atoms with Crippen LogP contribution in [0.1, 0.15) is 38.8 Å². The SMILES string of the molecule is Cc1cc(Br)c2c(c1)C(C)(C)[C@H]1CO[C@H]3[C@H](O[C@@H]4OC(C)(C)O[C@@H]43)[C@@H]1N2. The molecule has 0 bridgehead atoms. The Labute approximate surface area is 162 Å². The third kappa shape index (κ3) is 2.35. The molecule has 1 aromatic carbocycles. The molecule has 0 radical (unpaired) electrons. The van der Waals surface area contributed by atoms with E-state index in [1.807, 2.05) is 13.8 Å². The van der Waals surface area contributed by atoms with Crippen molar-refractivity contribution in [2.45, 2.75) is 76.5 Å². The average Bonchev–Trinajstić information content (AvgIpc) is 3.00. The molecule has 3 fully saturated rings. The number of benzene rings is 1. The first-order valence-corrected chi connectivity index (χ1v) is 10.2. The predicted octanol–water partition coefficient (Wildman–Crippen LogP) is 3.72. The van der Waals surface area contributed by atoms with E-state index in [1.54, 1.807) is 0 Å². The molecule has 5 rings (SSSR count). The van der Waals surface area contributed by atoms with Crippen molar-refractivity contribution in [1.29, 1.82) is 0 Å². The number of anilines is 1. The van der Waals surface area contributed by atoms with Gasteiger partial charge < -0.3 is 24.3 Å². The summed E-state index contributed by atoms with van der Waals surface area (Å²) in [6, 6.07) is 4.61. The molecule has 142 valence electrons. The fraction of sp³-hybridized carbons (Fsp3) is 0.700. The second-order valence-corrected chi connectivity index (χ2v) is 9.89. The monoisotopic (exact) mass is 423 g/mol. The molecular formula is C20H26BrNO4. The second kappa shape index (κ2) is 5.45. The van der Waals surface area contributed by atoms with Crippen molar-refractivity contribution in [3.63, 3.8) is 0 Å². The summed E-state index contributed by atoms with van der Waals surface area (Å²) in [4.78, 5) is 0. The molecule has 0 aromatic heterocycles. The van der Waals surface area contributed by atoms with E-state index in [1.165, 1.54) is 16.8 Å². The number of aryl methyl sites for hydroxylation is 1. The van der Waals surface area contributed by atoms with Gasteiger partial charge in [0.25, 0.3) is 0 Å². The maximum Gasteiger partial charge on any atom is 0.190 e. The highest BCUT2D eigenvalue weighted by atomic mass is 79.9. The van der Waals surface area contributed by atoms with E-state index in [2.05, 4.69) is 54.2 Å². The van der Waals surface area contributed by atoms with Gasteiger partial charge in [-0.2, -0.15) is 0 Å². The minimum atomic E-state index is -0.618. The average molecular weight is 424 g/mol. The van der Waals surface area contributed by atoms with E-state index in [-0.39, 0.29) is 36.1 Å². The smallest absolute Gasteiger partial charge is 0.190 e. The Bertz CT molecular complexity index is 764. The van der Waals surface area contributed by atoms with Crippen LogP contribution in [0.15, 0.2) is 16.6 Å². The Morgan fingerprint density at radius 2 is 1.85 bits per heavy atom. The molecule has 4 aliphatic heterocycles. The van der Waals surface area contributed by atoms with Crippen LogP contribution in [0.4, 0.5) is 5.69 Å². The van der Waals surface area contributed by atoms with Gasteiger partial charge in [-0.3, -0.25) is 0 Å². The lowest BCUT2D eigenvalue weighted by atomic mass is 9.65. The lowest BCUT2D eigenvalue weighted by Crippen LogP contribution is -2.61. The molecular weight excluding hydrogens is 398 g/mol. The molecule has 3 saturated heterocycles. The molecule has 5 nitrogen and oxygen atoms in total. The van der Waals surface area contributed by atoms with Crippen LogP contribution in [0.25, 0.3) is 0 Å². The van der Waals surface area contributed by atoms with Crippen molar-refractivity contribution in [3.05, 3.63) is 27.7 Å². The van der Waals surface area contributed by atoms with Crippen molar-refractivity contribution in [2.24, 2.45) is 5.92 Å². The first kappa shape index (κ1) is 17.4. The summed E-state index contributed by atoms with van der Waals surface area (Å²) in [5, 5.41) is 3.77. The maximum absolute atomic E-state index is 6.32. The third-order valence-corrected chi connectivity index (χ3v) is 7.07. The summed E-state index contributed by atoms with van der Waals surface area (Å²) in [5.74, 6) is -0.302. The van der Waals surface area contributed by atoms with Gasteiger partial charge in [0.2, 0.25) is 0 Å². The fourth-order valence-corrected chi connectivity index (χ4v) is 5.82. The number of hydrogen-bond donors (Lipinski definition) is 1. The Morgan fingerprint density at radius 1 is 1.08 bits per heavy atom. The zero-order chi connectivity index (χ0) is 18.4. The van der Waals surface area contributed by atoms with Crippen molar-refractivity contribution in [2.75, 3.05) is 11.9 Å². The molecule has 4 aliphatic rings. The van der Waals surface area contributed by atoms with E-state index in [4.69, 9.17) is 18.9 Å². The van der Waals surface area contributed by atoms with Crippen molar-refractivity contribution in [3.8, 4) is 0 Å². The van der Waals surface area contributed by atoms with Crippen LogP contribution in [-0.4, -0.2) is 43.0 Å². The van der Waals surface area contributed by atoms with Gasteiger partial charge in [0.15, 0.2) is 12.1 Å². The highest BCUT2D eigenvalue weighted by molar-refractivity contribution is 9.10. The fourth-order valence-electron chi connectivity index (χ4n) is 5.13. The van der Waals surface area contributed by atoms with Gasteiger partial charge in [-0.05, 0) is 59.3 Å². The first-order valence-electron chi connectivity index (χ1n) is 9.37. The van der Waals surface area contributed by atoms with Gasteiger partial charge in [0.05, 0.1) is 18.3 Å². The van der Waals surface area contributed by atoms with Gasteiger partial charge >= 0.3 is 0 Å². The summed E-state index contributed by atoms with van der Waals surface area (Å²) < 4.78 is 25.7. The molecule has 0 amide bonds. The molecule has 1 aromatic rings. The lowest BCUT2D eigenvalue weighted by Gasteiger charge is -2.52. The Kier molecular flexibility index (Phi) is 3.65. The van der Waals surface area contributed by atoms with Crippen LogP contribution < -0.4 is 5.32 Å². The van der Waals surface area contributed by atoms with Gasteiger partial charge in [-0.15, -0.1) is 0 Å². The highest BCUT2D eigenvalue weighted by Gasteiger charge is 2.62. The number of hydrogen-bond acceptors (Lipinski definition) is 5. The molecule has 6 heteroatoms. The number of rotatable bonds is 0. The summed E-state index contributed by atoms with van der Waals surface area (Å²) in [7, 11) is 0. The largest absolute Gasteiger partial charge is 0.378 e. The Hall–Kier alpha value is -0.660. The van der Waals surface area contributed by atoms with Crippen LogP contribution >= 0.6 is 15.9 Å². The van der Waals surface area contributed by atoms with Crippen LogP contribution in [0.5, 0.6) is 0 Å². The summed E-state index contributed by atoms with van der Waals surface area (Å²) >= 11 is 3.75. The van der Waals surface area contributed by atoms with Gasteiger partial charge in [-0.25, -0.2) is 0 Å². The minimum Gasteiger partial charge on any atom is -0.378 e. The lowest BCUT2D eigenvalue weighted by molar-refractivity contribution is -0.232. The number of ether oxygens (including phenoxy) is 4. The molecule has 26 heavy (non-hydrogen) atoms. The summed E-state index contributed by atoms with van der Waals surface area (Å²) in [6.45, 7) is 11.3. The molecule has 0 spiro atoms. The van der Waals surface area contributed by atoms with E-state index in [0.717, 1.165) is 4.47 Å². The van der Waals surface area contributed by atoms with E-state index in [9.17, 15) is 0 Å². The van der Waals surface area contributed by atoms with Gasteiger partial charge in [-0.1, -0.05) is 19.9 Å². The molecule has 0 saturated carbocycles. The second-order valence-electron chi connectivity index (χ2n) is 9.03. The molecule has 0 unspecified atom stereocenters. The minimum absolute atomic E-state index is 0.0210. The molecule has 0 aliphatic carbocycles. The van der Waals surface area contributed by atoms with Crippen LogP contribution in [0.2, 0.25) is 0 Å². The van der Waals surface area contributed by atoms with E-state index < -0.39 is 5.79 Å². The maximum atomic E-state index is 6.32. The van der Waals surface area contributed by atoms with Crippen molar-refractivity contribution in [1.82, 2.24) is 0 Å². The van der Waals surface area contributed by atoms with Crippen molar-refractivity contribution < 1.29 is 18.9 Å². The van der Waals surface area contributed by atoms with Gasteiger partial charge in [0, 0.05) is 10.4 Å². The first-order chi connectivity index (χ1) is 12.2. The molecule has 6 atom stereocenters. The summed E-state index contributed by atoms with van der Waals surface area (Å²) in [6.07, 6.45) is -0.701. The summed E-state index contributed by atoms with van der Waals surface area (Å²) in [5.41, 5.74) is 3.74. The third-order valence-electron chi connectivity index (χ3n) is 6.45. The van der Waals surface area contributed by atoms with Crippen LogP contribution in [-0.2, 0) is 24.4 Å². The zero-order valence-electron chi connectivity index (χ0n) is 15.8. The number of nitrogens with one attached hydrogen (secondary N) is 1. The topological polar surface area (TPSA) is 49.0 Å². The van der Waals surface area contributed by atoms with E-state index >= 15 is 0 Å². The van der Waals surface area contributed by atoms with Gasteiger partial charge in [0.1, 0.15) is 18.3 Å². The number of halogens is 1. The molecule has 4 heterocycles. The predicted molar refractivity (Wildman–Crippen MR) is 101 cm³/mol. The Balaban J connectivity index is 1.52. The van der Waals surface area contributed by atoms with Crippen molar-refractivity contribution >= 4 is 21.6 Å². The van der Waals surface area contributed by atoms with E-state index in [0.29, 0.717) is 12.5 Å².